The van der Waals surface area contributed by atoms with Gasteiger partial charge in [0.05, 0.1) is 18.0 Å². The molecule has 3 aromatic rings. The third-order valence-electron chi connectivity index (χ3n) is 5.13. The van der Waals surface area contributed by atoms with Gasteiger partial charge in [0.1, 0.15) is 4.99 Å². The summed E-state index contributed by atoms with van der Waals surface area (Å²) in [5.74, 6) is -1.57. The van der Waals surface area contributed by atoms with Crippen LogP contribution in [-0.2, 0) is 16.0 Å². The van der Waals surface area contributed by atoms with Crippen LogP contribution in [0.15, 0.2) is 36.4 Å². The lowest BCUT2D eigenvalue weighted by molar-refractivity contribution is -0.147. The number of phenolic OH excluding ortho intramolecular Hbond substituents is 1. The summed E-state index contributed by atoms with van der Waals surface area (Å²) in [5.41, 5.74) is 3.81. The first-order chi connectivity index (χ1) is 13.7. The molecule has 1 atom stereocenters. The number of rotatable bonds is 5. The Kier molecular flexibility index (Phi) is 6.03. The van der Waals surface area contributed by atoms with Crippen LogP contribution < -0.4 is 0 Å². The first-order valence-electron chi connectivity index (χ1n) is 9.56. The molecule has 1 unspecified atom stereocenters. The van der Waals surface area contributed by atoms with Crippen molar-refractivity contribution in [2.45, 2.75) is 46.6 Å². The highest BCUT2D eigenvalue weighted by Crippen LogP contribution is 2.32. The molecule has 6 heteroatoms. The maximum absolute atomic E-state index is 14.2. The quantitative estimate of drug-likeness (QED) is 0.461. The zero-order valence-corrected chi connectivity index (χ0v) is 17.8. The molecule has 29 heavy (non-hydrogen) atoms. The minimum atomic E-state index is -0.739. The van der Waals surface area contributed by atoms with Crippen LogP contribution in [0.2, 0.25) is 0 Å². The lowest BCUT2D eigenvalue weighted by atomic mass is 10.1. The molecule has 152 valence electrons. The van der Waals surface area contributed by atoms with E-state index in [-0.39, 0.29) is 18.5 Å². The summed E-state index contributed by atoms with van der Waals surface area (Å²) >= 11 is 5.70. The van der Waals surface area contributed by atoms with Gasteiger partial charge >= 0.3 is 5.97 Å². The highest BCUT2D eigenvalue weighted by molar-refractivity contribution is 7.80. The second-order valence-corrected chi connectivity index (χ2v) is 7.66. The number of halogens is 1. The number of carbonyl (C=O) groups excluding carboxylic acids is 1. The third kappa shape index (κ3) is 4.17. The highest BCUT2D eigenvalue weighted by atomic mass is 32.1. The molecule has 0 amide bonds. The normalized spacial score (nSPS) is 12.2. The Labute approximate surface area is 174 Å². The fourth-order valence-corrected chi connectivity index (χ4v) is 3.66. The highest BCUT2D eigenvalue weighted by Gasteiger charge is 2.22. The number of fused-ring (bicyclic) bond motifs is 1. The average molecular weight is 414 g/mol. The molecule has 2 aromatic carbocycles. The van der Waals surface area contributed by atoms with E-state index in [2.05, 4.69) is 0 Å². The monoisotopic (exact) mass is 413 g/mol. The Hall–Kier alpha value is -2.73. The van der Waals surface area contributed by atoms with Crippen molar-refractivity contribution in [2.24, 2.45) is 0 Å². The van der Waals surface area contributed by atoms with Crippen LogP contribution >= 0.6 is 12.2 Å². The van der Waals surface area contributed by atoms with E-state index in [0.717, 1.165) is 23.2 Å². The number of esters is 1. The van der Waals surface area contributed by atoms with Gasteiger partial charge in [-0.3, -0.25) is 4.79 Å². The van der Waals surface area contributed by atoms with Crippen LogP contribution in [0.1, 0.15) is 42.7 Å². The molecule has 0 aliphatic carbocycles. The minimum Gasteiger partial charge on any atom is -0.505 e. The number of aromatic nitrogens is 1. The molecule has 0 radical (unpaired) electrons. The molecular formula is C23H24FNO3S. The van der Waals surface area contributed by atoms with E-state index in [1.807, 2.05) is 52.0 Å². The summed E-state index contributed by atoms with van der Waals surface area (Å²) in [6.07, 6.45) is 0.549. The molecule has 0 bridgehead atoms. The molecule has 1 heterocycles. The largest absolute Gasteiger partial charge is 0.505 e. The summed E-state index contributed by atoms with van der Waals surface area (Å²) in [6, 6.07) is 10.3. The summed E-state index contributed by atoms with van der Waals surface area (Å²) in [6.45, 7) is 7.60. The number of nitrogens with zero attached hydrogens (tertiary/aromatic N) is 1. The number of hydrogen-bond donors (Lipinski definition) is 1. The Bertz CT molecular complexity index is 1090. The standard InChI is InChI=1S/C23H24FNO3S/c1-5-14(3)28-22(27)11-17-15(4)25(20-12-19(24)21(26)10-18(17)20)23(29)16-8-6-13(2)7-9-16/h6-10,12,14,26H,5,11H2,1-4H3. The number of carbonyl (C=O) groups is 1. The first kappa shape index (κ1) is 21.0. The van der Waals surface area contributed by atoms with Gasteiger partial charge in [-0.2, -0.15) is 0 Å². The predicted molar refractivity (Wildman–Crippen MR) is 116 cm³/mol. The van der Waals surface area contributed by atoms with E-state index in [4.69, 9.17) is 17.0 Å². The van der Waals surface area contributed by atoms with Crippen molar-refractivity contribution in [2.75, 3.05) is 0 Å². The Morgan fingerprint density at radius 2 is 1.90 bits per heavy atom. The first-order valence-corrected chi connectivity index (χ1v) is 9.97. The van der Waals surface area contributed by atoms with Crippen LogP contribution in [-0.4, -0.2) is 26.7 Å². The van der Waals surface area contributed by atoms with Crippen molar-refractivity contribution < 1.29 is 19.0 Å². The maximum Gasteiger partial charge on any atom is 0.310 e. The van der Waals surface area contributed by atoms with Gasteiger partial charge < -0.3 is 14.4 Å². The summed E-state index contributed by atoms with van der Waals surface area (Å²) in [7, 11) is 0. The number of ether oxygens (including phenoxy) is 1. The molecule has 4 nitrogen and oxygen atoms in total. The fraction of sp³-hybridized carbons (Fsp3) is 0.304. The third-order valence-corrected chi connectivity index (χ3v) is 5.55. The summed E-state index contributed by atoms with van der Waals surface area (Å²) in [5, 5.41) is 10.5. The molecular weight excluding hydrogens is 389 g/mol. The van der Waals surface area contributed by atoms with Crippen LogP contribution in [0.3, 0.4) is 0 Å². The zero-order chi connectivity index (χ0) is 21.3. The fourth-order valence-electron chi connectivity index (χ4n) is 3.29. The van der Waals surface area contributed by atoms with Gasteiger partial charge in [0.2, 0.25) is 0 Å². The number of benzene rings is 2. The van der Waals surface area contributed by atoms with Gasteiger partial charge in [0.25, 0.3) is 0 Å². The van der Waals surface area contributed by atoms with E-state index in [0.29, 0.717) is 21.5 Å². The Morgan fingerprint density at radius 3 is 2.52 bits per heavy atom. The van der Waals surface area contributed by atoms with Crippen LogP contribution in [0.5, 0.6) is 5.75 Å². The van der Waals surface area contributed by atoms with Gasteiger partial charge in [-0.25, -0.2) is 4.39 Å². The molecule has 1 N–H and O–H groups in total. The van der Waals surface area contributed by atoms with E-state index in [1.54, 1.807) is 4.57 Å². The van der Waals surface area contributed by atoms with E-state index >= 15 is 0 Å². The smallest absolute Gasteiger partial charge is 0.310 e. The van der Waals surface area contributed by atoms with Gasteiger partial charge in [-0.15, -0.1) is 0 Å². The molecule has 3 rings (SSSR count). The van der Waals surface area contributed by atoms with E-state index < -0.39 is 11.6 Å². The lowest BCUT2D eigenvalue weighted by Crippen LogP contribution is -2.17. The van der Waals surface area contributed by atoms with Crippen molar-refractivity contribution in [3.63, 3.8) is 0 Å². The zero-order valence-electron chi connectivity index (χ0n) is 17.0. The van der Waals surface area contributed by atoms with Crippen molar-refractivity contribution in [1.29, 1.82) is 0 Å². The molecule has 0 fully saturated rings. The van der Waals surface area contributed by atoms with Gasteiger partial charge in [0.15, 0.2) is 11.6 Å². The van der Waals surface area contributed by atoms with Crippen molar-refractivity contribution in [3.8, 4) is 5.75 Å². The topological polar surface area (TPSA) is 51.5 Å². The predicted octanol–water partition coefficient (Wildman–Crippen LogP) is 5.21. The van der Waals surface area contributed by atoms with Crippen molar-refractivity contribution >= 4 is 34.1 Å². The van der Waals surface area contributed by atoms with Crippen molar-refractivity contribution in [1.82, 2.24) is 4.57 Å². The van der Waals surface area contributed by atoms with Crippen molar-refractivity contribution in [3.05, 3.63) is 64.6 Å². The molecule has 0 spiro atoms. The minimum absolute atomic E-state index is 0.0151. The van der Waals surface area contributed by atoms with Crippen LogP contribution in [0, 0.1) is 19.7 Å². The molecule has 1 aromatic heterocycles. The van der Waals surface area contributed by atoms with Crippen LogP contribution in [0.4, 0.5) is 4.39 Å². The average Bonchev–Trinajstić information content (AvgIpc) is 2.93. The molecule has 0 aliphatic rings. The number of aryl methyl sites for hydroxylation is 1. The van der Waals surface area contributed by atoms with Gasteiger partial charge in [0, 0.05) is 22.7 Å². The van der Waals surface area contributed by atoms with Crippen LogP contribution in [0.25, 0.3) is 10.9 Å². The SMILES string of the molecule is CCC(C)OC(=O)Cc1c(C)n(C(=S)c2ccc(C)cc2)c2cc(F)c(O)cc12. The van der Waals surface area contributed by atoms with Gasteiger partial charge in [-0.05, 0) is 38.8 Å². The van der Waals surface area contributed by atoms with Gasteiger partial charge in [-0.1, -0.05) is 49.0 Å². The number of thiocarbonyl (C=S) groups is 1. The summed E-state index contributed by atoms with van der Waals surface area (Å²) in [4.78, 5) is 12.9. The Morgan fingerprint density at radius 1 is 1.24 bits per heavy atom. The number of hydrogen-bond acceptors (Lipinski definition) is 4. The molecule has 0 saturated heterocycles. The van der Waals surface area contributed by atoms with E-state index in [1.165, 1.54) is 12.1 Å². The lowest BCUT2D eigenvalue weighted by Gasteiger charge is -2.12. The molecule has 0 saturated carbocycles. The second kappa shape index (κ2) is 8.33. The maximum atomic E-state index is 14.2. The second-order valence-electron chi connectivity index (χ2n) is 7.28. The van der Waals surface area contributed by atoms with E-state index in [9.17, 15) is 14.3 Å². The number of phenols is 1. The molecule has 0 aliphatic heterocycles. The Balaban J connectivity index is 2.13. The number of aromatic hydroxyl groups is 1. The summed E-state index contributed by atoms with van der Waals surface area (Å²) < 4.78 is 21.3.